The van der Waals surface area contributed by atoms with Gasteiger partial charge in [-0.2, -0.15) is 5.10 Å². The molecular formula is C12H23N3O4S. The summed E-state index contributed by atoms with van der Waals surface area (Å²) in [6.07, 6.45) is 1.52. The van der Waals surface area contributed by atoms with Gasteiger partial charge in [0, 0.05) is 20.3 Å². The maximum atomic E-state index is 12.3. The van der Waals surface area contributed by atoms with Crippen molar-refractivity contribution < 1.29 is 18.3 Å². The number of aromatic nitrogens is 2. The third-order valence-corrected chi connectivity index (χ3v) is 4.68. The molecule has 1 aromatic rings. The Balaban J connectivity index is 2.77. The van der Waals surface area contributed by atoms with Gasteiger partial charge in [-0.15, -0.1) is 0 Å². The molecule has 20 heavy (non-hydrogen) atoms. The van der Waals surface area contributed by atoms with E-state index in [1.54, 1.807) is 21.0 Å². The number of nitrogens with zero attached hydrogens (tertiary/aromatic N) is 2. The number of unbranched alkanes of at least 4 members (excludes halogenated alkanes) is 1. The summed E-state index contributed by atoms with van der Waals surface area (Å²) in [6.45, 7) is 4.54. The summed E-state index contributed by atoms with van der Waals surface area (Å²) in [5.74, 6) is 0. The number of ether oxygens (including phenoxy) is 1. The molecule has 1 rings (SSSR count). The first-order valence-corrected chi connectivity index (χ1v) is 8.05. The van der Waals surface area contributed by atoms with Gasteiger partial charge in [0.15, 0.2) is 0 Å². The van der Waals surface area contributed by atoms with Crippen molar-refractivity contribution in [1.82, 2.24) is 14.5 Å². The van der Waals surface area contributed by atoms with Gasteiger partial charge >= 0.3 is 0 Å². The highest BCUT2D eigenvalue weighted by molar-refractivity contribution is 7.89. The normalized spacial score (nSPS) is 12.0. The maximum Gasteiger partial charge on any atom is 0.244 e. The highest BCUT2D eigenvalue weighted by atomic mass is 32.2. The molecule has 0 spiro atoms. The van der Waals surface area contributed by atoms with E-state index < -0.39 is 10.0 Å². The van der Waals surface area contributed by atoms with Crippen LogP contribution in [0.15, 0.2) is 4.90 Å². The van der Waals surface area contributed by atoms with Crippen molar-refractivity contribution in [2.24, 2.45) is 0 Å². The molecular weight excluding hydrogens is 282 g/mol. The lowest BCUT2D eigenvalue weighted by molar-refractivity contribution is 0.193. The summed E-state index contributed by atoms with van der Waals surface area (Å²) in [4.78, 5) is 0.206. The van der Waals surface area contributed by atoms with Crippen molar-refractivity contribution in [1.29, 1.82) is 0 Å². The highest BCUT2D eigenvalue weighted by Gasteiger charge is 2.23. The Hall–Kier alpha value is -0.960. The van der Waals surface area contributed by atoms with E-state index in [9.17, 15) is 8.42 Å². The fourth-order valence-electron chi connectivity index (χ4n) is 2.03. The Labute approximate surface area is 120 Å². The zero-order valence-corrected chi connectivity index (χ0v) is 13.0. The topological polar surface area (TPSA) is 93.5 Å². The molecule has 0 saturated carbocycles. The summed E-state index contributed by atoms with van der Waals surface area (Å²) in [5.41, 5.74) is 0.987. The van der Waals surface area contributed by atoms with E-state index in [1.807, 2.05) is 0 Å². The lowest BCUT2D eigenvalue weighted by atomic mass is 10.3. The van der Waals surface area contributed by atoms with Gasteiger partial charge in [-0.3, -0.25) is 4.68 Å². The molecule has 0 atom stereocenters. The molecule has 1 aromatic heterocycles. The summed E-state index contributed by atoms with van der Waals surface area (Å²) in [6, 6.07) is 0. The molecule has 116 valence electrons. The fourth-order valence-corrected chi connectivity index (χ4v) is 3.51. The van der Waals surface area contributed by atoms with Crippen LogP contribution in [0, 0.1) is 13.8 Å². The number of nitrogens with one attached hydrogen (secondary N) is 1. The number of rotatable bonds is 9. The molecule has 8 heteroatoms. The Morgan fingerprint density at radius 2 is 2.05 bits per heavy atom. The monoisotopic (exact) mass is 305 g/mol. The fraction of sp³-hybridized carbons (Fsp3) is 0.750. The minimum atomic E-state index is -3.56. The van der Waals surface area contributed by atoms with Gasteiger partial charge in [0.2, 0.25) is 10.0 Å². The van der Waals surface area contributed by atoms with Crippen molar-refractivity contribution in [3.05, 3.63) is 11.4 Å². The van der Waals surface area contributed by atoms with Crippen LogP contribution in [0.4, 0.5) is 0 Å². The first-order chi connectivity index (χ1) is 9.44. The first-order valence-electron chi connectivity index (χ1n) is 6.57. The molecule has 0 radical (unpaired) electrons. The largest absolute Gasteiger partial charge is 0.394 e. The van der Waals surface area contributed by atoms with E-state index in [1.165, 1.54) is 4.68 Å². The zero-order valence-electron chi connectivity index (χ0n) is 12.2. The van der Waals surface area contributed by atoms with Crippen LogP contribution in [0.1, 0.15) is 24.2 Å². The van der Waals surface area contributed by atoms with Crippen LogP contribution in [0.3, 0.4) is 0 Å². The Morgan fingerprint density at radius 1 is 1.35 bits per heavy atom. The number of aliphatic hydroxyl groups is 1. The molecule has 0 aliphatic heterocycles. The summed E-state index contributed by atoms with van der Waals surface area (Å²) in [5, 5.41) is 13.1. The van der Waals surface area contributed by atoms with E-state index in [4.69, 9.17) is 9.84 Å². The van der Waals surface area contributed by atoms with Crippen LogP contribution in [0.5, 0.6) is 0 Å². The molecule has 1 heterocycles. The van der Waals surface area contributed by atoms with E-state index in [0.717, 1.165) is 12.8 Å². The highest BCUT2D eigenvalue weighted by Crippen LogP contribution is 2.19. The van der Waals surface area contributed by atoms with Gasteiger partial charge < -0.3 is 9.84 Å². The van der Waals surface area contributed by atoms with Crippen molar-refractivity contribution in [3.8, 4) is 0 Å². The number of aryl methyl sites for hydroxylation is 1. The third kappa shape index (κ3) is 4.27. The number of aliphatic hydroxyl groups excluding tert-OH is 1. The quantitative estimate of drug-likeness (QED) is 0.636. The second kappa shape index (κ2) is 7.72. The molecule has 0 aliphatic rings. The smallest absolute Gasteiger partial charge is 0.244 e. The van der Waals surface area contributed by atoms with Crippen LogP contribution >= 0.6 is 0 Å². The average molecular weight is 305 g/mol. The van der Waals surface area contributed by atoms with Crippen molar-refractivity contribution in [2.45, 2.75) is 38.1 Å². The van der Waals surface area contributed by atoms with E-state index >= 15 is 0 Å². The van der Waals surface area contributed by atoms with Crippen LogP contribution in [0.2, 0.25) is 0 Å². The molecule has 0 bridgehead atoms. The van der Waals surface area contributed by atoms with Gasteiger partial charge in [0.1, 0.15) is 4.90 Å². The zero-order chi connectivity index (χ0) is 15.2. The Bertz CT molecular complexity index is 525. The Kier molecular flexibility index (Phi) is 6.60. The molecule has 0 amide bonds. The first kappa shape index (κ1) is 17.1. The van der Waals surface area contributed by atoms with Gasteiger partial charge in [-0.1, -0.05) is 0 Å². The molecule has 0 aliphatic carbocycles. The van der Waals surface area contributed by atoms with Crippen molar-refractivity contribution in [3.63, 3.8) is 0 Å². The third-order valence-electron chi connectivity index (χ3n) is 2.96. The lowest BCUT2D eigenvalue weighted by Crippen LogP contribution is -2.26. The number of hydrogen-bond donors (Lipinski definition) is 2. The average Bonchev–Trinajstić information content (AvgIpc) is 2.65. The van der Waals surface area contributed by atoms with Crippen LogP contribution in [0.25, 0.3) is 0 Å². The van der Waals surface area contributed by atoms with E-state index in [0.29, 0.717) is 24.5 Å². The predicted octanol–water partition coefficient (Wildman–Crippen LogP) is 0.197. The number of methoxy groups -OCH3 is 1. The van der Waals surface area contributed by atoms with E-state index in [-0.39, 0.29) is 18.0 Å². The molecule has 7 nitrogen and oxygen atoms in total. The molecule has 2 N–H and O–H groups in total. The molecule has 0 fully saturated rings. The standard InChI is InChI=1S/C12H23N3O4S/c1-10-12(11(2)15(14-10)7-8-16)20(17,18)13-6-4-5-9-19-3/h13,16H,4-9H2,1-3H3. The van der Waals surface area contributed by atoms with Gasteiger partial charge in [-0.25, -0.2) is 13.1 Å². The van der Waals surface area contributed by atoms with E-state index in [2.05, 4.69) is 9.82 Å². The molecule has 0 aromatic carbocycles. The molecule has 0 unspecified atom stereocenters. The van der Waals surface area contributed by atoms with Crippen molar-refractivity contribution in [2.75, 3.05) is 26.9 Å². The maximum absolute atomic E-state index is 12.3. The minimum absolute atomic E-state index is 0.0775. The van der Waals surface area contributed by atoms with Gasteiger partial charge in [0.05, 0.1) is 24.5 Å². The van der Waals surface area contributed by atoms with Crippen LogP contribution < -0.4 is 4.72 Å². The minimum Gasteiger partial charge on any atom is -0.394 e. The lowest BCUT2D eigenvalue weighted by Gasteiger charge is -2.07. The van der Waals surface area contributed by atoms with Crippen molar-refractivity contribution >= 4 is 10.0 Å². The predicted molar refractivity (Wildman–Crippen MR) is 75.1 cm³/mol. The van der Waals surface area contributed by atoms with Gasteiger partial charge in [0.25, 0.3) is 0 Å². The number of sulfonamides is 1. The summed E-state index contributed by atoms with van der Waals surface area (Å²) in [7, 11) is -1.94. The summed E-state index contributed by atoms with van der Waals surface area (Å²) < 4.78 is 33.5. The Morgan fingerprint density at radius 3 is 2.65 bits per heavy atom. The summed E-state index contributed by atoms with van der Waals surface area (Å²) >= 11 is 0. The molecule has 0 saturated heterocycles. The second-order valence-electron chi connectivity index (χ2n) is 4.54. The van der Waals surface area contributed by atoms with Crippen LogP contribution in [-0.2, 0) is 21.3 Å². The SMILES string of the molecule is COCCCCNS(=O)(=O)c1c(C)nn(CCO)c1C. The second-order valence-corrected chi connectivity index (χ2v) is 6.25. The number of hydrogen-bond acceptors (Lipinski definition) is 5. The van der Waals surface area contributed by atoms with Crippen LogP contribution in [-0.4, -0.2) is 50.2 Å². The van der Waals surface area contributed by atoms with Gasteiger partial charge in [-0.05, 0) is 26.7 Å².